The molecule has 4 nitrogen and oxygen atoms in total. The third-order valence-corrected chi connectivity index (χ3v) is 6.47. The molecule has 2 aromatic rings. The average molecular weight is 337 g/mol. The van der Waals surface area contributed by atoms with E-state index >= 15 is 0 Å². The van der Waals surface area contributed by atoms with E-state index in [2.05, 4.69) is 4.72 Å². The molecule has 118 valence electrons. The van der Waals surface area contributed by atoms with E-state index in [9.17, 15) is 13.5 Å². The Bertz CT molecular complexity index is 751. The quantitative estimate of drug-likeness (QED) is 0.851. The van der Waals surface area contributed by atoms with Gasteiger partial charge in [0.15, 0.2) is 0 Å². The Labute approximate surface area is 134 Å². The number of thiophene rings is 1. The maximum absolute atomic E-state index is 12.4. The molecule has 1 atom stereocenters. The predicted molar refractivity (Wildman–Crippen MR) is 87.3 cm³/mol. The van der Waals surface area contributed by atoms with Gasteiger partial charge in [0.05, 0.1) is 4.90 Å². The first-order valence-corrected chi connectivity index (χ1v) is 9.61. The molecule has 0 radical (unpaired) electrons. The van der Waals surface area contributed by atoms with Crippen LogP contribution in [0.25, 0.3) is 0 Å². The van der Waals surface area contributed by atoms with Crippen molar-refractivity contribution in [3.05, 3.63) is 52.2 Å². The highest BCUT2D eigenvalue weighted by Crippen LogP contribution is 2.46. The Hall–Kier alpha value is -1.21. The van der Waals surface area contributed by atoms with Gasteiger partial charge in [0, 0.05) is 11.4 Å². The van der Waals surface area contributed by atoms with Crippen LogP contribution in [-0.2, 0) is 15.6 Å². The van der Waals surface area contributed by atoms with Crippen molar-refractivity contribution in [2.75, 3.05) is 6.54 Å². The zero-order valence-electron chi connectivity index (χ0n) is 12.3. The number of sulfonamides is 1. The van der Waals surface area contributed by atoms with Crippen LogP contribution in [0.1, 0.15) is 23.3 Å². The molecule has 1 aromatic carbocycles. The SMILES string of the molecule is Cc1cccc(S(=O)(=O)NCC(O)(c2cccs2)C2CC2)c1. The molecule has 0 aliphatic heterocycles. The Morgan fingerprint density at radius 1 is 1.32 bits per heavy atom. The lowest BCUT2D eigenvalue weighted by atomic mass is 9.96. The molecule has 1 saturated carbocycles. The van der Waals surface area contributed by atoms with Gasteiger partial charge in [-0.2, -0.15) is 0 Å². The van der Waals surface area contributed by atoms with Crippen LogP contribution in [-0.4, -0.2) is 20.1 Å². The van der Waals surface area contributed by atoms with Crippen LogP contribution in [0.2, 0.25) is 0 Å². The van der Waals surface area contributed by atoms with Gasteiger partial charge in [-0.1, -0.05) is 18.2 Å². The molecule has 1 aliphatic carbocycles. The van der Waals surface area contributed by atoms with Crippen LogP contribution < -0.4 is 4.72 Å². The maximum atomic E-state index is 12.4. The van der Waals surface area contributed by atoms with Crippen LogP contribution in [0, 0.1) is 12.8 Å². The fourth-order valence-corrected chi connectivity index (χ4v) is 4.67. The summed E-state index contributed by atoms with van der Waals surface area (Å²) in [5.41, 5.74) is -0.219. The lowest BCUT2D eigenvalue weighted by Crippen LogP contribution is -2.41. The molecule has 0 amide bonds. The summed E-state index contributed by atoms with van der Waals surface area (Å²) in [4.78, 5) is 1.05. The molecule has 1 fully saturated rings. The molecule has 0 bridgehead atoms. The van der Waals surface area contributed by atoms with Crippen molar-refractivity contribution in [1.29, 1.82) is 0 Å². The van der Waals surface area contributed by atoms with Gasteiger partial charge in [-0.25, -0.2) is 13.1 Å². The van der Waals surface area contributed by atoms with E-state index in [1.165, 1.54) is 11.3 Å². The normalized spacial score (nSPS) is 18.1. The van der Waals surface area contributed by atoms with Gasteiger partial charge in [-0.3, -0.25) is 0 Å². The van der Waals surface area contributed by atoms with E-state index in [-0.39, 0.29) is 17.4 Å². The van der Waals surface area contributed by atoms with Crippen molar-refractivity contribution in [2.45, 2.75) is 30.3 Å². The number of aliphatic hydroxyl groups is 1. The van der Waals surface area contributed by atoms with Crippen LogP contribution in [0.5, 0.6) is 0 Å². The van der Waals surface area contributed by atoms with E-state index in [1.54, 1.807) is 18.2 Å². The summed E-state index contributed by atoms with van der Waals surface area (Å²) in [6.07, 6.45) is 1.86. The van der Waals surface area contributed by atoms with Crippen molar-refractivity contribution in [3.8, 4) is 0 Å². The minimum absolute atomic E-state index is 0.00839. The van der Waals surface area contributed by atoms with E-state index in [1.807, 2.05) is 30.5 Å². The highest BCUT2D eigenvalue weighted by atomic mass is 32.2. The monoisotopic (exact) mass is 337 g/mol. The Balaban J connectivity index is 1.81. The number of hydrogen-bond donors (Lipinski definition) is 2. The zero-order valence-corrected chi connectivity index (χ0v) is 14.0. The second-order valence-corrected chi connectivity index (χ2v) is 8.53. The predicted octanol–water partition coefficient (Wildman–Crippen LogP) is 2.63. The van der Waals surface area contributed by atoms with E-state index in [4.69, 9.17) is 0 Å². The van der Waals surface area contributed by atoms with Gasteiger partial charge in [0.25, 0.3) is 0 Å². The van der Waals surface area contributed by atoms with Crippen LogP contribution in [0.4, 0.5) is 0 Å². The summed E-state index contributed by atoms with van der Waals surface area (Å²) in [5, 5.41) is 12.9. The molecular weight excluding hydrogens is 318 g/mol. The molecule has 3 rings (SSSR count). The number of nitrogens with one attached hydrogen (secondary N) is 1. The smallest absolute Gasteiger partial charge is 0.240 e. The highest BCUT2D eigenvalue weighted by molar-refractivity contribution is 7.89. The Morgan fingerprint density at radius 3 is 2.68 bits per heavy atom. The second-order valence-electron chi connectivity index (χ2n) is 5.82. The van der Waals surface area contributed by atoms with Gasteiger partial charge in [0.1, 0.15) is 5.60 Å². The molecule has 1 heterocycles. The molecule has 22 heavy (non-hydrogen) atoms. The fourth-order valence-electron chi connectivity index (χ4n) is 2.59. The maximum Gasteiger partial charge on any atom is 0.240 e. The molecule has 0 spiro atoms. The summed E-state index contributed by atoms with van der Waals surface area (Å²) in [6, 6.07) is 10.5. The van der Waals surface area contributed by atoms with Crippen molar-refractivity contribution in [3.63, 3.8) is 0 Å². The van der Waals surface area contributed by atoms with Gasteiger partial charge < -0.3 is 5.11 Å². The summed E-state index contributed by atoms with van der Waals surface area (Å²) >= 11 is 1.46. The lowest BCUT2D eigenvalue weighted by Gasteiger charge is -2.27. The van der Waals surface area contributed by atoms with E-state index in [0.717, 1.165) is 23.3 Å². The first-order chi connectivity index (χ1) is 10.4. The van der Waals surface area contributed by atoms with Crippen LogP contribution in [0.3, 0.4) is 0 Å². The van der Waals surface area contributed by atoms with Crippen LogP contribution >= 0.6 is 11.3 Å². The average Bonchev–Trinajstić information content (AvgIpc) is 3.20. The number of aryl methyl sites for hydroxylation is 1. The van der Waals surface area contributed by atoms with Crippen molar-refractivity contribution < 1.29 is 13.5 Å². The third kappa shape index (κ3) is 3.10. The first kappa shape index (κ1) is 15.7. The molecule has 2 N–H and O–H groups in total. The minimum Gasteiger partial charge on any atom is -0.383 e. The molecular formula is C16H19NO3S2. The fraction of sp³-hybridized carbons (Fsp3) is 0.375. The Morgan fingerprint density at radius 2 is 2.09 bits per heavy atom. The third-order valence-electron chi connectivity index (χ3n) is 4.03. The van der Waals surface area contributed by atoms with Crippen molar-refractivity contribution >= 4 is 21.4 Å². The summed E-state index contributed by atoms with van der Waals surface area (Å²) in [7, 11) is -3.62. The molecule has 1 unspecified atom stereocenters. The van der Waals surface area contributed by atoms with E-state index < -0.39 is 15.6 Å². The Kier molecular flexibility index (Phi) is 4.11. The molecule has 1 aromatic heterocycles. The largest absolute Gasteiger partial charge is 0.383 e. The van der Waals surface area contributed by atoms with Crippen LogP contribution in [0.15, 0.2) is 46.7 Å². The molecule has 1 aliphatic rings. The highest BCUT2D eigenvalue weighted by Gasteiger charge is 2.46. The van der Waals surface area contributed by atoms with E-state index in [0.29, 0.717) is 0 Å². The second kappa shape index (κ2) is 5.77. The van der Waals surface area contributed by atoms with Crippen molar-refractivity contribution in [1.82, 2.24) is 4.72 Å². The minimum atomic E-state index is -3.62. The zero-order chi connectivity index (χ0) is 15.8. The summed E-state index contributed by atoms with van der Waals surface area (Å²) in [5.74, 6) is 0.131. The molecule has 6 heteroatoms. The number of hydrogen-bond acceptors (Lipinski definition) is 4. The topological polar surface area (TPSA) is 66.4 Å². The van der Waals surface area contributed by atoms with Gasteiger partial charge in [0.2, 0.25) is 10.0 Å². The standard InChI is InChI=1S/C16H19NO3S2/c1-12-4-2-5-14(10-12)22(19,20)17-11-16(18,13-7-8-13)15-6-3-9-21-15/h2-6,9-10,13,17-18H,7-8,11H2,1H3. The lowest BCUT2D eigenvalue weighted by molar-refractivity contribution is 0.0222. The van der Waals surface area contributed by atoms with Gasteiger partial charge in [-0.05, 0) is 54.8 Å². The first-order valence-electron chi connectivity index (χ1n) is 7.24. The molecule has 0 saturated heterocycles. The number of benzene rings is 1. The number of rotatable bonds is 6. The van der Waals surface area contributed by atoms with Crippen molar-refractivity contribution in [2.24, 2.45) is 5.92 Å². The summed E-state index contributed by atoms with van der Waals surface area (Å²) < 4.78 is 27.4. The van der Waals surface area contributed by atoms with Gasteiger partial charge in [-0.15, -0.1) is 11.3 Å². The summed E-state index contributed by atoms with van der Waals surface area (Å²) in [6.45, 7) is 1.86. The van der Waals surface area contributed by atoms with Gasteiger partial charge >= 0.3 is 0 Å².